The zero-order valence-electron chi connectivity index (χ0n) is 12.5. The fourth-order valence-electron chi connectivity index (χ4n) is 2.44. The molecular formula is C19H17N3O. The lowest BCUT2D eigenvalue weighted by Crippen LogP contribution is -2.26. The summed E-state index contributed by atoms with van der Waals surface area (Å²) in [5.74, 6) is -0.552. The third-order valence-corrected chi connectivity index (χ3v) is 3.53. The number of amides is 1. The van der Waals surface area contributed by atoms with Gasteiger partial charge in [0.25, 0.3) is 5.91 Å². The Bertz CT molecular complexity index is 725. The number of hydrogen-bond acceptors (Lipinski definition) is 2. The Kier molecular flexibility index (Phi) is 4.64. The molecule has 4 heteroatoms. The van der Waals surface area contributed by atoms with Crippen LogP contribution in [0.2, 0.25) is 0 Å². The molecule has 0 atom stereocenters. The van der Waals surface area contributed by atoms with Crippen LogP contribution < -0.4 is 5.43 Å². The number of carbonyl (C=O) groups excluding carboxylic acids is 1. The molecule has 4 nitrogen and oxygen atoms in total. The molecule has 1 heterocycles. The van der Waals surface area contributed by atoms with Gasteiger partial charge in [0, 0.05) is 6.20 Å². The molecule has 1 aromatic heterocycles. The molecule has 3 rings (SSSR count). The summed E-state index contributed by atoms with van der Waals surface area (Å²) < 4.78 is 0. The van der Waals surface area contributed by atoms with Crippen molar-refractivity contribution in [1.82, 2.24) is 10.4 Å². The average Bonchev–Trinajstić information content (AvgIpc) is 3.10. The van der Waals surface area contributed by atoms with Crippen LogP contribution in [-0.4, -0.2) is 17.1 Å². The third-order valence-electron chi connectivity index (χ3n) is 3.53. The first-order chi connectivity index (χ1) is 11.3. The molecular weight excluding hydrogens is 286 g/mol. The number of benzene rings is 2. The smallest absolute Gasteiger partial charge is 0.252 e. The molecule has 0 aliphatic heterocycles. The van der Waals surface area contributed by atoms with Crippen LogP contribution in [0, 0.1) is 0 Å². The minimum absolute atomic E-state index is 0.162. The first kappa shape index (κ1) is 14.8. The summed E-state index contributed by atoms with van der Waals surface area (Å²) in [6.07, 6.45) is 3.39. The van der Waals surface area contributed by atoms with E-state index in [1.54, 1.807) is 12.4 Å². The van der Waals surface area contributed by atoms with Crippen molar-refractivity contribution in [3.8, 4) is 0 Å². The SMILES string of the molecule is O=C(N/N=C/c1ccc[nH]1)C(c1ccccc1)c1ccccc1. The Labute approximate surface area is 134 Å². The van der Waals surface area contributed by atoms with E-state index in [4.69, 9.17) is 0 Å². The summed E-state index contributed by atoms with van der Waals surface area (Å²) in [7, 11) is 0. The molecule has 0 aliphatic carbocycles. The Balaban J connectivity index is 1.82. The van der Waals surface area contributed by atoms with Gasteiger partial charge < -0.3 is 4.98 Å². The number of carbonyl (C=O) groups is 1. The first-order valence-electron chi connectivity index (χ1n) is 7.41. The van der Waals surface area contributed by atoms with Gasteiger partial charge in [-0.2, -0.15) is 5.10 Å². The Hall–Kier alpha value is -3.14. The van der Waals surface area contributed by atoms with Crippen molar-refractivity contribution in [2.24, 2.45) is 5.10 Å². The van der Waals surface area contributed by atoms with Gasteiger partial charge in [0.15, 0.2) is 0 Å². The number of nitrogens with zero attached hydrogens (tertiary/aromatic N) is 1. The van der Waals surface area contributed by atoms with Crippen molar-refractivity contribution < 1.29 is 4.79 Å². The second-order valence-corrected chi connectivity index (χ2v) is 5.11. The number of aromatic amines is 1. The second kappa shape index (κ2) is 7.22. The number of hydrazone groups is 1. The Morgan fingerprint density at radius 2 is 1.52 bits per heavy atom. The number of rotatable bonds is 5. The maximum absolute atomic E-state index is 12.6. The predicted molar refractivity (Wildman–Crippen MR) is 91.3 cm³/mol. The summed E-state index contributed by atoms with van der Waals surface area (Å²) in [6, 6.07) is 23.2. The van der Waals surface area contributed by atoms with Gasteiger partial charge in [-0.05, 0) is 23.3 Å². The van der Waals surface area contributed by atoms with Crippen LogP contribution in [0.25, 0.3) is 0 Å². The summed E-state index contributed by atoms with van der Waals surface area (Å²) >= 11 is 0. The molecule has 0 aliphatic rings. The zero-order chi connectivity index (χ0) is 15.9. The van der Waals surface area contributed by atoms with Gasteiger partial charge >= 0.3 is 0 Å². The van der Waals surface area contributed by atoms with Gasteiger partial charge in [0.05, 0.1) is 17.8 Å². The van der Waals surface area contributed by atoms with Crippen molar-refractivity contribution >= 4 is 12.1 Å². The molecule has 0 saturated heterocycles. The highest BCUT2D eigenvalue weighted by Crippen LogP contribution is 2.24. The lowest BCUT2D eigenvalue weighted by molar-refractivity contribution is -0.121. The highest BCUT2D eigenvalue weighted by molar-refractivity contribution is 5.88. The van der Waals surface area contributed by atoms with E-state index in [-0.39, 0.29) is 5.91 Å². The zero-order valence-corrected chi connectivity index (χ0v) is 12.5. The van der Waals surface area contributed by atoms with E-state index in [0.29, 0.717) is 0 Å². The minimum Gasteiger partial charge on any atom is -0.360 e. The van der Waals surface area contributed by atoms with Crippen LogP contribution in [0.4, 0.5) is 0 Å². The van der Waals surface area contributed by atoms with Crippen LogP contribution >= 0.6 is 0 Å². The molecule has 23 heavy (non-hydrogen) atoms. The molecule has 0 unspecified atom stereocenters. The van der Waals surface area contributed by atoms with E-state index in [2.05, 4.69) is 15.5 Å². The number of H-pyrrole nitrogens is 1. The Morgan fingerprint density at radius 1 is 0.913 bits per heavy atom. The molecule has 2 N–H and O–H groups in total. The van der Waals surface area contributed by atoms with Gasteiger partial charge in [-0.25, -0.2) is 5.43 Å². The van der Waals surface area contributed by atoms with Crippen LogP contribution in [0.1, 0.15) is 22.7 Å². The molecule has 3 aromatic rings. The largest absolute Gasteiger partial charge is 0.360 e. The van der Waals surface area contributed by atoms with Crippen LogP contribution in [-0.2, 0) is 4.79 Å². The van der Waals surface area contributed by atoms with Gasteiger partial charge in [-0.3, -0.25) is 4.79 Å². The van der Waals surface area contributed by atoms with Crippen LogP contribution in [0.5, 0.6) is 0 Å². The van der Waals surface area contributed by atoms with E-state index in [1.165, 1.54) is 0 Å². The molecule has 0 fully saturated rings. The van der Waals surface area contributed by atoms with Crippen LogP contribution in [0.3, 0.4) is 0 Å². The van der Waals surface area contributed by atoms with E-state index in [1.807, 2.05) is 72.8 Å². The average molecular weight is 303 g/mol. The van der Waals surface area contributed by atoms with E-state index in [9.17, 15) is 4.79 Å². The summed E-state index contributed by atoms with van der Waals surface area (Å²) in [5, 5.41) is 4.03. The molecule has 0 bridgehead atoms. The van der Waals surface area contributed by atoms with Crippen LogP contribution in [0.15, 0.2) is 84.1 Å². The highest BCUT2D eigenvalue weighted by atomic mass is 16.2. The van der Waals surface area contributed by atoms with E-state index < -0.39 is 5.92 Å². The van der Waals surface area contributed by atoms with E-state index >= 15 is 0 Å². The minimum atomic E-state index is -0.391. The third kappa shape index (κ3) is 3.74. The molecule has 0 spiro atoms. The van der Waals surface area contributed by atoms with Gasteiger partial charge in [-0.15, -0.1) is 0 Å². The number of nitrogens with one attached hydrogen (secondary N) is 2. The van der Waals surface area contributed by atoms with Gasteiger partial charge in [-0.1, -0.05) is 60.7 Å². The van der Waals surface area contributed by atoms with Crippen molar-refractivity contribution in [3.05, 3.63) is 95.8 Å². The quantitative estimate of drug-likeness (QED) is 0.551. The van der Waals surface area contributed by atoms with E-state index in [0.717, 1.165) is 16.8 Å². The standard InChI is InChI=1S/C19H17N3O/c23-19(22-21-14-17-12-7-13-20-17)18(15-8-3-1-4-9-15)16-10-5-2-6-11-16/h1-14,18,20H,(H,22,23)/b21-14+. The van der Waals surface area contributed by atoms with Gasteiger partial charge in [0.1, 0.15) is 0 Å². The van der Waals surface area contributed by atoms with Crippen molar-refractivity contribution in [2.75, 3.05) is 0 Å². The molecule has 0 radical (unpaired) electrons. The number of hydrogen-bond donors (Lipinski definition) is 2. The topological polar surface area (TPSA) is 57.2 Å². The maximum atomic E-state index is 12.6. The number of aromatic nitrogens is 1. The predicted octanol–water partition coefficient (Wildman–Crippen LogP) is 3.30. The first-order valence-corrected chi connectivity index (χ1v) is 7.41. The Morgan fingerprint density at radius 3 is 2.04 bits per heavy atom. The molecule has 114 valence electrons. The highest BCUT2D eigenvalue weighted by Gasteiger charge is 2.22. The summed E-state index contributed by atoms with van der Waals surface area (Å²) in [4.78, 5) is 15.6. The van der Waals surface area contributed by atoms with Crippen molar-refractivity contribution in [1.29, 1.82) is 0 Å². The summed E-state index contributed by atoms with van der Waals surface area (Å²) in [6.45, 7) is 0. The van der Waals surface area contributed by atoms with Gasteiger partial charge in [0.2, 0.25) is 0 Å². The monoisotopic (exact) mass is 303 g/mol. The maximum Gasteiger partial charge on any atom is 0.252 e. The molecule has 1 amide bonds. The van der Waals surface area contributed by atoms with Crippen molar-refractivity contribution in [2.45, 2.75) is 5.92 Å². The fourth-order valence-corrected chi connectivity index (χ4v) is 2.44. The fraction of sp³-hybridized carbons (Fsp3) is 0.0526. The summed E-state index contributed by atoms with van der Waals surface area (Å²) in [5.41, 5.74) is 5.34. The lowest BCUT2D eigenvalue weighted by atomic mass is 9.91. The molecule has 0 saturated carbocycles. The normalized spacial score (nSPS) is 11.0. The lowest BCUT2D eigenvalue weighted by Gasteiger charge is -2.16. The van der Waals surface area contributed by atoms with Crippen molar-refractivity contribution in [3.63, 3.8) is 0 Å². The molecule has 2 aromatic carbocycles. The second-order valence-electron chi connectivity index (χ2n) is 5.11.